The molecule has 2 aromatic rings. The molecule has 0 amide bonds. The molecule has 0 aromatic heterocycles. The summed E-state index contributed by atoms with van der Waals surface area (Å²) in [5.41, 5.74) is 1.72. The molecule has 2 N–H and O–H groups in total. The Morgan fingerprint density at radius 3 is 2.21 bits per heavy atom. The van der Waals surface area contributed by atoms with Crippen LogP contribution in [0.5, 0.6) is 17.2 Å². The molecule has 8 heteroatoms. The first-order valence-electron chi connectivity index (χ1n) is 9.09. The average Bonchev–Trinajstić information content (AvgIpc) is 3.51. The Morgan fingerprint density at radius 1 is 1.07 bits per heavy atom. The second-order valence-corrected chi connectivity index (χ2v) is 6.76. The standard InChI is InChI=1S/C21H26FN3O3.HI/c1-23-20(24-13-21(8-9-21)14-6-5-7-15(22)10-14)25-16-11-17(26-2)19(28-4)18(12-16)27-3;/h5-7,10-12H,8-9,13H2,1-4H3,(H2,23,24,25);1H. The van der Waals surface area contributed by atoms with Gasteiger partial charge in [0.1, 0.15) is 5.82 Å². The molecule has 0 atom stereocenters. The molecule has 6 nitrogen and oxygen atoms in total. The maximum atomic E-state index is 13.6. The van der Waals surface area contributed by atoms with Crippen molar-refractivity contribution in [1.29, 1.82) is 0 Å². The zero-order valence-corrected chi connectivity index (χ0v) is 19.4. The minimum absolute atomic E-state index is 0. The molecule has 0 unspecified atom stereocenters. The molecule has 3 rings (SSSR count). The number of rotatable bonds is 7. The minimum atomic E-state index is -0.205. The van der Waals surface area contributed by atoms with Crippen molar-refractivity contribution in [3.63, 3.8) is 0 Å². The van der Waals surface area contributed by atoms with E-state index in [9.17, 15) is 4.39 Å². The van der Waals surface area contributed by atoms with Gasteiger partial charge in [-0.3, -0.25) is 4.99 Å². The molecule has 1 aliphatic rings. The maximum Gasteiger partial charge on any atom is 0.203 e. The summed E-state index contributed by atoms with van der Waals surface area (Å²) in [4.78, 5) is 4.29. The van der Waals surface area contributed by atoms with E-state index in [-0.39, 0.29) is 35.2 Å². The van der Waals surface area contributed by atoms with E-state index in [0.29, 0.717) is 29.8 Å². The summed E-state index contributed by atoms with van der Waals surface area (Å²) in [5, 5.41) is 6.59. The van der Waals surface area contributed by atoms with Gasteiger partial charge in [-0.1, -0.05) is 12.1 Å². The van der Waals surface area contributed by atoms with E-state index < -0.39 is 0 Å². The molecule has 0 aliphatic heterocycles. The number of hydrogen-bond acceptors (Lipinski definition) is 4. The fourth-order valence-electron chi connectivity index (χ4n) is 3.26. The lowest BCUT2D eigenvalue weighted by atomic mass is 9.96. The number of halogens is 2. The number of guanidine groups is 1. The van der Waals surface area contributed by atoms with Crippen LogP contribution in [0, 0.1) is 5.82 Å². The van der Waals surface area contributed by atoms with Crippen molar-refractivity contribution in [2.45, 2.75) is 18.3 Å². The average molecular weight is 515 g/mol. The lowest BCUT2D eigenvalue weighted by Gasteiger charge is -2.20. The first-order chi connectivity index (χ1) is 13.5. The monoisotopic (exact) mass is 515 g/mol. The Hall–Kier alpha value is -2.23. The molecule has 1 aliphatic carbocycles. The van der Waals surface area contributed by atoms with Crippen molar-refractivity contribution in [2.24, 2.45) is 4.99 Å². The number of methoxy groups -OCH3 is 3. The van der Waals surface area contributed by atoms with Crippen LogP contribution in [0.25, 0.3) is 0 Å². The highest BCUT2D eigenvalue weighted by Crippen LogP contribution is 2.47. The fourth-order valence-corrected chi connectivity index (χ4v) is 3.26. The third-order valence-electron chi connectivity index (χ3n) is 5.04. The molecule has 0 radical (unpaired) electrons. The van der Waals surface area contributed by atoms with Crippen LogP contribution in [-0.4, -0.2) is 40.9 Å². The van der Waals surface area contributed by atoms with E-state index in [4.69, 9.17) is 14.2 Å². The van der Waals surface area contributed by atoms with E-state index >= 15 is 0 Å². The predicted molar refractivity (Wildman–Crippen MR) is 124 cm³/mol. The number of nitrogens with zero attached hydrogens (tertiary/aromatic N) is 1. The summed E-state index contributed by atoms with van der Waals surface area (Å²) in [6.45, 7) is 0.667. The van der Waals surface area contributed by atoms with Crippen molar-refractivity contribution in [2.75, 3.05) is 40.2 Å². The van der Waals surface area contributed by atoms with E-state index in [1.54, 1.807) is 40.5 Å². The van der Waals surface area contributed by atoms with Crippen LogP contribution in [-0.2, 0) is 5.41 Å². The molecular formula is C21H27FIN3O3. The molecule has 0 saturated heterocycles. The topological polar surface area (TPSA) is 64.1 Å². The number of anilines is 1. The first-order valence-corrected chi connectivity index (χ1v) is 9.09. The van der Waals surface area contributed by atoms with E-state index in [1.165, 1.54) is 6.07 Å². The van der Waals surface area contributed by atoms with Crippen molar-refractivity contribution in [3.8, 4) is 17.2 Å². The fraction of sp³-hybridized carbons (Fsp3) is 0.381. The van der Waals surface area contributed by atoms with Gasteiger partial charge in [-0.05, 0) is 30.5 Å². The second kappa shape index (κ2) is 10.00. The normalized spacial score (nSPS) is 14.4. The molecule has 0 bridgehead atoms. The highest BCUT2D eigenvalue weighted by molar-refractivity contribution is 14.0. The lowest BCUT2D eigenvalue weighted by Crippen LogP contribution is -2.36. The van der Waals surface area contributed by atoms with E-state index in [2.05, 4.69) is 15.6 Å². The first kappa shape index (κ1) is 23.1. The lowest BCUT2D eigenvalue weighted by molar-refractivity contribution is 0.324. The zero-order chi connectivity index (χ0) is 20.1. The summed E-state index contributed by atoms with van der Waals surface area (Å²) in [5.74, 6) is 2.04. The number of benzene rings is 2. The van der Waals surface area contributed by atoms with Gasteiger partial charge in [0, 0.05) is 36.8 Å². The summed E-state index contributed by atoms with van der Waals surface area (Å²) in [7, 11) is 6.42. The smallest absolute Gasteiger partial charge is 0.203 e. The summed E-state index contributed by atoms with van der Waals surface area (Å²) >= 11 is 0. The van der Waals surface area contributed by atoms with Gasteiger partial charge in [0.25, 0.3) is 0 Å². The highest BCUT2D eigenvalue weighted by Gasteiger charge is 2.44. The van der Waals surface area contributed by atoms with Gasteiger partial charge in [-0.2, -0.15) is 0 Å². The third kappa shape index (κ3) is 5.23. The Kier molecular flexibility index (Phi) is 7.95. The molecule has 1 fully saturated rings. The highest BCUT2D eigenvalue weighted by atomic mass is 127. The van der Waals surface area contributed by atoms with Crippen LogP contribution in [0.4, 0.5) is 10.1 Å². The van der Waals surface area contributed by atoms with Crippen LogP contribution in [0.2, 0.25) is 0 Å². The molecule has 1 saturated carbocycles. The molecule has 0 heterocycles. The van der Waals surface area contributed by atoms with Crippen LogP contribution in [0.3, 0.4) is 0 Å². The number of nitrogens with one attached hydrogen (secondary N) is 2. The number of hydrogen-bond donors (Lipinski definition) is 2. The molecule has 158 valence electrons. The van der Waals surface area contributed by atoms with Crippen LogP contribution in [0.1, 0.15) is 18.4 Å². The van der Waals surface area contributed by atoms with Crippen LogP contribution < -0.4 is 24.8 Å². The van der Waals surface area contributed by atoms with Gasteiger partial charge in [0.2, 0.25) is 5.75 Å². The quantitative estimate of drug-likeness (QED) is 0.329. The van der Waals surface area contributed by atoms with Gasteiger partial charge < -0.3 is 24.8 Å². The summed E-state index contributed by atoms with van der Waals surface area (Å²) in [6, 6.07) is 10.4. The molecule has 29 heavy (non-hydrogen) atoms. The molecular weight excluding hydrogens is 488 g/mol. The Labute approximate surface area is 187 Å². The number of ether oxygens (including phenoxy) is 3. The number of aliphatic imine (C=N–C) groups is 1. The maximum absolute atomic E-state index is 13.6. The summed E-state index contributed by atoms with van der Waals surface area (Å²) < 4.78 is 29.7. The van der Waals surface area contributed by atoms with Gasteiger partial charge in [0.15, 0.2) is 17.5 Å². The van der Waals surface area contributed by atoms with Crippen molar-refractivity contribution in [1.82, 2.24) is 5.32 Å². The Morgan fingerprint density at radius 2 is 1.72 bits per heavy atom. The van der Waals surface area contributed by atoms with Crippen LogP contribution >= 0.6 is 24.0 Å². The van der Waals surface area contributed by atoms with E-state index in [1.807, 2.05) is 18.2 Å². The van der Waals surface area contributed by atoms with Crippen LogP contribution in [0.15, 0.2) is 41.4 Å². The molecule has 2 aromatic carbocycles. The van der Waals surface area contributed by atoms with E-state index in [0.717, 1.165) is 24.1 Å². The largest absolute Gasteiger partial charge is 0.493 e. The zero-order valence-electron chi connectivity index (χ0n) is 17.0. The second-order valence-electron chi connectivity index (χ2n) is 6.76. The van der Waals surface area contributed by atoms with Gasteiger partial charge in [-0.25, -0.2) is 4.39 Å². The predicted octanol–water partition coefficient (Wildman–Crippen LogP) is 4.19. The van der Waals surface area contributed by atoms with Gasteiger partial charge in [-0.15, -0.1) is 24.0 Å². The van der Waals surface area contributed by atoms with Gasteiger partial charge in [0.05, 0.1) is 21.3 Å². The SMILES string of the molecule is CN=C(NCC1(c2cccc(F)c2)CC1)Nc1cc(OC)c(OC)c(OC)c1.I. The Bertz CT molecular complexity index is 847. The Balaban J connectivity index is 0.00000300. The van der Waals surface area contributed by atoms with Gasteiger partial charge >= 0.3 is 0 Å². The van der Waals surface area contributed by atoms with Crippen molar-refractivity contribution in [3.05, 3.63) is 47.8 Å². The molecule has 0 spiro atoms. The third-order valence-corrected chi connectivity index (χ3v) is 5.04. The summed E-state index contributed by atoms with van der Waals surface area (Å²) in [6.07, 6.45) is 2.04. The van der Waals surface area contributed by atoms with Crippen molar-refractivity contribution < 1.29 is 18.6 Å². The minimum Gasteiger partial charge on any atom is -0.493 e. The van der Waals surface area contributed by atoms with Crippen molar-refractivity contribution >= 4 is 35.6 Å².